The third-order valence-corrected chi connectivity index (χ3v) is 14.1. The SMILES string of the molecule is Cc1ccccc1Sc1c(C)ccc2c1C(C)(C)c1c-2ccc2c3ccccc3n(-c3ccc(-c4ccc(N(c5ccccc5)c5cccc6ccccc56)cc4)cc3)c12. The van der Waals surface area contributed by atoms with Crippen molar-refractivity contribution in [2.24, 2.45) is 0 Å². The number of nitrogens with zero attached hydrogens (tertiary/aromatic N) is 2. The van der Waals surface area contributed by atoms with Gasteiger partial charge < -0.3 is 9.47 Å². The van der Waals surface area contributed by atoms with Crippen LogP contribution in [0.15, 0.2) is 204 Å². The number of rotatable bonds is 7. The number of benzene rings is 9. The fraction of sp³-hybridized carbons (Fsp3) is 0.0877. The van der Waals surface area contributed by atoms with E-state index in [1.165, 1.54) is 92.6 Å². The van der Waals surface area contributed by atoms with Crippen molar-refractivity contribution in [1.82, 2.24) is 4.57 Å². The lowest BCUT2D eigenvalue weighted by Gasteiger charge is -2.27. The van der Waals surface area contributed by atoms with Crippen LogP contribution in [0.4, 0.5) is 17.1 Å². The van der Waals surface area contributed by atoms with Gasteiger partial charge in [0, 0.05) is 48.4 Å². The van der Waals surface area contributed by atoms with Crippen LogP contribution < -0.4 is 4.90 Å². The van der Waals surface area contributed by atoms with Gasteiger partial charge in [0.1, 0.15) is 0 Å². The third-order valence-electron chi connectivity index (χ3n) is 12.6. The van der Waals surface area contributed by atoms with Gasteiger partial charge in [-0.3, -0.25) is 0 Å². The largest absolute Gasteiger partial charge is 0.310 e. The smallest absolute Gasteiger partial charge is 0.0588 e. The summed E-state index contributed by atoms with van der Waals surface area (Å²) in [5, 5.41) is 5.03. The minimum atomic E-state index is -0.227. The van der Waals surface area contributed by atoms with Crippen LogP contribution in [0.25, 0.3) is 60.5 Å². The number of aromatic nitrogens is 1. The molecule has 1 aliphatic rings. The number of fused-ring (bicyclic) bond motifs is 8. The first-order chi connectivity index (χ1) is 29.4. The van der Waals surface area contributed by atoms with Crippen molar-refractivity contribution in [1.29, 1.82) is 0 Å². The fourth-order valence-corrected chi connectivity index (χ4v) is 11.1. The zero-order valence-electron chi connectivity index (χ0n) is 34.3. The molecule has 0 N–H and O–H groups in total. The zero-order valence-corrected chi connectivity index (χ0v) is 35.1. The zero-order chi connectivity index (χ0) is 40.5. The Morgan fingerprint density at radius 3 is 1.87 bits per heavy atom. The molecule has 0 amide bonds. The lowest BCUT2D eigenvalue weighted by Crippen LogP contribution is -2.18. The Bertz CT molecular complexity index is 3260. The van der Waals surface area contributed by atoms with E-state index in [2.05, 4.69) is 231 Å². The average Bonchev–Trinajstić information content (AvgIpc) is 3.74. The predicted molar refractivity (Wildman–Crippen MR) is 256 cm³/mol. The van der Waals surface area contributed by atoms with Gasteiger partial charge in [-0.1, -0.05) is 165 Å². The number of hydrogen-bond acceptors (Lipinski definition) is 2. The van der Waals surface area contributed by atoms with Crippen molar-refractivity contribution in [3.63, 3.8) is 0 Å². The molecule has 0 saturated heterocycles. The molecule has 0 unspecified atom stereocenters. The third kappa shape index (κ3) is 5.72. The van der Waals surface area contributed by atoms with E-state index < -0.39 is 0 Å². The molecular formula is C57H44N2S. The summed E-state index contributed by atoms with van der Waals surface area (Å²) >= 11 is 1.92. The fourth-order valence-electron chi connectivity index (χ4n) is 9.77. The van der Waals surface area contributed by atoms with Gasteiger partial charge in [-0.15, -0.1) is 0 Å². The van der Waals surface area contributed by atoms with Crippen LogP contribution in [-0.2, 0) is 5.41 Å². The topological polar surface area (TPSA) is 8.17 Å². The summed E-state index contributed by atoms with van der Waals surface area (Å²) in [4.78, 5) is 5.05. The monoisotopic (exact) mass is 788 g/mol. The van der Waals surface area contributed by atoms with Crippen molar-refractivity contribution >= 4 is 61.4 Å². The predicted octanol–water partition coefficient (Wildman–Crippen LogP) is 16.1. The summed E-state index contributed by atoms with van der Waals surface area (Å²) in [7, 11) is 0. The van der Waals surface area contributed by atoms with Gasteiger partial charge in [0.25, 0.3) is 0 Å². The van der Waals surface area contributed by atoms with E-state index in [4.69, 9.17) is 0 Å². The van der Waals surface area contributed by atoms with Gasteiger partial charge in [0.2, 0.25) is 0 Å². The van der Waals surface area contributed by atoms with Gasteiger partial charge in [-0.25, -0.2) is 0 Å². The molecule has 9 aromatic carbocycles. The minimum Gasteiger partial charge on any atom is -0.310 e. The Labute approximate surface area is 356 Å². The van der Waals surface area contributed by atoms with Crippen molar-refractivity contribution in [2.45, 2.75) is 42.9 Å². The number of aryl methyl sites for hydroxylation is 2. The molecule has 60 heavy (non-hydrogen) atoms. The number of anilines is 3. The van der Waals surface area contributed by atoms with Crippen molar-refractivity contribution in [2.75, 3.05) is 4.90 Å². The normalized spacial score (nSPS) is 12.9. The van der Waals surface area contributed by atoms with Crippen LogP contribution in [0.2, 0.25) is 0 Å². The molecule has 1 aromatic heterocycles. The second-order valence-electron chi connectivity index (χ2n) is 16.6. The van der Waals surface area contributed by atoms with E-state index in [1.54, 1.807) is 0 Å². The Morgan fingerprint density at radius 2 is 1.08 bits per heavy atom. The Hall–Kier alpha value is -6.81. The lowest BCUT2D eigenvalue weighted by molar-refractivity contribution is 0.649. The van der Waals surface area contributed by atoms with Crippen LogP contribution in [-0.4, -0.2) is 4.57 Å². The molecule has 3 heteroatoms. The molecule has 0 saturated carbocycles. The van der Waals surface area contributed by atoms with Gasteiger partial charge in [-0.2, -0.15) is 0 Å². The van der Waals surface area contributed by atoms with Crippen LogP contribution in [0.1, 0.15) is 36.1 Å². The lowest BCUT2D eigenvalue weighted by atomic mass is 9.81. The molecule has 0 fully saturated rings. The maximum atomic E-state index is 2.52. The average molecular weight is 789 g/mol. The van der Waals surface area contributed by atoms with Gasteiger partial charge in [0.15, 0.2) is 0 Å². The molecule has 288 valence electrons. The minimum absolute atomic E-state index is 0.227. The van der Waals surface area contributed by atoms with Crippen LogP contribution in [0, 0.1) is 13.8 Å². The number of para-hydroxylation sites is 2. The maximum absolute atomic E-state index is 2.52. The summed E-state index contributed by atoms with van der Waals surface area (Å²) < 4.78 is 2.52. The summed E-state index contributed by atoms with van der Waals surface area (Å²) in [6.07, 6.45) is 0. The molecule has 0 bridgehead atoms. The van der Waals surface area contributed by atoms with Gasteiger partial charge in [-0.05, 0) is 118 Å². The van der Waals surface area contributed by atoms with E-state index in [-0.39, 0.29) is 5.41 Å². The quantitative estimate of drug-likeness (QED) is 0.159. The summed E-state index contributed by atoms with van der Waals surface area (Å²) in [6.45, 7) is 9.36. The van der Waals surface area contributed by atoms with Crippen molar-refractivity contribution < 1.29 is 0 Å². The second-order valence-corrected chi connectivity index (χ2v) is 17.7. The highest BCUT2D eigenvalue weighted by Crippen LogP contribution is 2.57. The molecule has 11 rings (SSSR count). The number of hydrogen-bond donors (Lipinski definition) is 0. The first-order valence-electron chi connectivity index (χ1n) is 20.9. The molecule has 1 aliphatic carbocycles. The van der Waals surface area contributed by atoms with Crippen molar-refractivity contribution in [3.05, 3.63) is 216 Å². The molecule has 2 nitrogen and oxygen atoms in total. The van der Waals surface area contributed by atoms with Crippen LogP contribution >= 0.6 is 11.8 Å². The summed E-state index contributed by atoms with van der Waals surface area (Å²) in [6, 6.07) is 71.1. The summed E-state index contributed by atoms with van der Waals surface area (Å²) in [5.74, 6) is 0. The van der Waals surface area contributed by atoms with Crippen LogP contribution in [0.5, 0.6) is 0 Å². The van der Waals surface area contributed by atoms with Gasteiger partial charge in [0.05, 0.1) is 16.7 Å². The molecule has 1 heterocycles. The Morgan fingerprint density at radius 1 is 0.467 bits per heavy atom. The maximum Gasteiger partial charge on any atom is 0.0588 e. The van der Waals surface area contributed by atoms with E-state index in [9.17, 15) is 0 Å². The highest BCUT2D eigenvalue weighted by Gasteiger charge is 2.41. The van der Waals surface area contributed by atoms with E-state index >= 15 is 0 Å². The Balaban J connectivity index is 1.00. The highest BCUT2D eigenvalue weighted by molar-refractivity contribution is 7.99. The second kappa shape index (κ2) is 14.2. The van der Waals surface area contributed by atoms with Crippen LogP contribution in [0.3, 0.4) is 0 Å². The molecular weight excluding hydrogens is 745 g/mol. The summed E-state index contributed by atoms with van der Waals surface area (Å²) in [5.41, 5.74) is 17.4. The molecule has 0 radical (unpaired) electrons. The molecule has 0 spiro atoms. The first-order valence-corrected chi connectivity index (χ1v) is 21.7. The molecule has 0 aliphatic heterocycles. The van der Waals surface area contributed by atoms with Gasteiger partial charge >= 0.3 is 0 Å². The van der Waals surface area contributed by atoms with E-state index in [0.717, 1.165) is 17.1 Å². The Kier molecular flexibility index (Phi) is 8.58. The van der Waals surface area contributed by atoms with Crippen molar-refractivity contribution in [3.8, 4) is 27.9 Å². The standard InChI is InChI=1S/C57H44N2S/c1-37-15-8-13-24-52(37)60-56-38(2)25-34-48-47-35-36-49-46-21-11-12-22-51(46)59(55(49)53(47)57(3,4)54(48)56)44-32-28-40(29-33-44)39-26-30-43(31-27-39)58(42-18-6-5-7-19-42)50-23-14-17-41-16-9-10-20-45(41)50/h5-36H,1-4H3. The molecule has 10 aromatic rings. The first kappa shape index (κ1) is 36.3. The van der Waals surface area contributed by atoms with E-state index in [1.807, 2.05) is 11.8 Å². The molecule has 0 atom stereocenters. The van der Waals surface area contributed by atoms with E-state index in [0.29, 0.717) is 0 Å². The highest BCUT2D eigenvalue weighted by atomic mass is 32.2.